The van der Waals surface area contributed by atoms with Crippen LogP contribution >= 0.6 is 0 Å². The summed E-state index contributed by atoms with van der Waals surface area (Å²) < 4.78 is 42.3. The summed E-state index contributed by atoms with van der Waals surface area (Å²) >= 11 is 0. The number of nitrogens with zero attached hydrogens (tertiary/aromatic N) is 2. The van der Waals surface area contributed by atoms with Crippen LogP contribution in [0.3, 0.4) is 0 Å². The molecule has 0 aromatic carbocycles. The van der Waals surface area contributed by atoms with Crippen molar-refractivity contribution in [3.05, 3.63) is 11.7 Å². The summed E-state index contributed by atoms with van der Waals surface area (Å²) in [6, 6.07) is 0. The lowest BCUT2D eigenvalue weighted by atomic mass is 9.76. The van der Waals surface area contributed by atoms with Crippen molar-refractivity contribution in [2.75, 3.05) is 0 Å². The second kappa shape index (κ2) is 3.97. The van der Waals surface area contributed by atoms with E-state index in [0.29, 0.717) is 11.7 Å². The first-order valence-corrected chi connectivity index (χ1v) is 5.48. The predicted octanol–water partition coefficient (Wildman–Crippen LogP) is 2.28. The Kier molecular flexibility index (Phi) is 2.89. The minimum Gasteiger partial charge on any atom is -0.340 e. The van der Waals surface area contributed by atoms with Gasteiger partial charge < -0.3 is 10.3 Å². The zero-order chi connectivity index (χ0) is 12.7. The summed E-state index contributed by atoms with van der Waals surface area (Å²) in [6.07, 6.45) is -3.62. The third-order valence-corrected chi connectivity index (χ3v) is 3.31. The second-order valence-corrected chi connectivity index (χ2v) is 4.61. The van der Waals surface area contributed by atoms with Gasteiger partial charge in [-0.25, -0.2) is 0 Å². The van der Waals surface area contributed by atoms with Gasteiger partial charge in [0.2, 0.25) is 5.89 Å². The summed E-state index contributed by atoms with van der Waals surface area (Å²) in [5.41, 5.74) is 5.17. The molecule has 1 aromatic rings. The highest BCUT2D eigenvalue weighted by Gasteiger charge is 2.46. The minimum absolute atomic E-state index is 0.0214. The molecule has 96 valence electrons. The second-order valence-electron chi connectivity index (χ2n) is 4.61. The van der Waals surface area contributed by atoms with Crippen LogP contribution in [0.25, 0.3) is 0 Å². The van der Waals surface area contributed by atoms with Gasteiger partial charge in [-0.15, -0.1) is 0 Å². The largest absolute Gasteiger partial charge is 0.391 e. The molecule has 0 spiro atoms. The Balaban J connectivity index is 2.07. The van der Waals surface area contributed by atoms with Crippen LogP contribution < -0.4 is 5.73 Å². The molecule has 17 heavy (non-hydrogen) atoms. The normalized spacial score (nSPS) is 30.5. The van der Waals surface area contributed by atoms with Crippen LogP contribution in [0, 0.1) is 12.8 Å². The number of hydrogen-bond acceptors (Lipinski definition) is 4. The van der Waals surface area contributed by atoms with Crippen LogP contribution in [0.1, 0.15) is 37.4 Å². The standard InChI is InChI=1S/C10H14F3N3O/c1-6-15-8(16-17-6)9(14)4-2-7(3-5-9)10(11,12)13/h7H,2-5,14H2,1H3. The smallest absolute Gasteiger partial charge is 0.340 e. The summed E-state index contributed by atoms with van der Waals surface area (Å²) in [5.74, 6) is -0.564. The third kappa shape index (κ3) is 2.43. The Morgan fingerprint density at radius 3 is 2.35 bits per heavy atom. The van der Waals surface area contributed by atoms with Crippen LogP contribution in [0.2, 0.25) is 0 Å². The Labute approximate surface area is 96.4 Å². The zero-order valence-corrected chi connectivity index (χ0v) is 9.42. The third-order valence-electron chi connectivity index (χ3n) is 3.31. The monoisotopic (exact) mass is 249 g/mol. The van der Waals surface area contributed by atoms with E-state index >= 15 is 0 Å². The highest BCUT2D eigenvalue weighted by Crippen LogP contribution is 2.43. The first-order valence-electron chi connectivity index (χ1n) is 5.48. The van der Waals surface area contributed by atoms with E-state index in [2.05, 4.69) is 10.1 Å². The van der Waals surface area contributed by atoms with Gasteiger partial charge in [-0.3, -0.25) is 0 Å². The maximum absolute atomic E-state index is 12.5. The lowest BCUT2D eigenvalue weighted by Gasteiger charge is -2.35. The predicted molar refractivity (Wildman–Crippen MR) is 52.9 cm³/mol. The zero-order valence-electron chi connectivity index (χ0n) is 9.42. The van der Waals surface area contributed by atoms with E-state index in [0.717, 1.165) is 0 Å². The number of halogens is 3. The fraction of sp³-hybridized carbons (Fsp3) is 0.800. The number of aryl methyl sites for hydroxylation is 1. The number of nitrogens with two attached hydrogens (primary N) is 1. The van der Waals surface area contributed by atoms with Gasteiger partial charge in [0.25, 0.3) is 0 Å². The Bertz CT molecular complexity index is 394. The maximum atomic E-state index is 12.5. The number of aromatic nitrogens is 2. The van der Waals surface area contributed by atoms with Gasteiger partial charge >= 0.3 is 6.18 Å². The van der Waals surface area contributed by atoms with E-state index in [9.17, 15) is 13.2 Å². The molecule has 0 amide bonds. The molecule has 1 fully saturated rings. The molecule has 0 bridgehead atoms. The van der Waals surface area contributed by atoms with Crippen molar-refractivity contribution in [3.8, 4) is 0 Å². The number of alkyl halides is 3. The molecule has 0 unspecified atom stereocenters. The van der Waals surface area contributed by atoms with E-state index in [1.807, 2.05) is 0 Å². The van der Waals surface area contributed by atoms with Gasteiger partial charge in [0.1, 0.15) is 0 Å². The van der Waals surface area contributed by atoms with Crippen molar-refractivity contribution in [2.24, 2.45) is 11.7 Å². The lowest BCUT2D eigenvalue weighted by molar-refractivity contribution is -0.185. The summed E-state index contributed by atoms with van der Waals surface area (Å²) in [7, 11) is 0. The van der Waals surface area contributed by atoms with Crippen molar-refractivity contribution in [1.29, 1.82) is 0 Å². The SMILES string of the molecule is Cc1nc(C2(N)CCC(C(F)(F)F)CC2)no1. The molecule has 0 atom stereocenters. The average Bonchev–Trinajstić information content (AvgIpc) is 2.65. The van der Waals surface area contributed by atoms with Gasteiger partial charge in [-0.05, 0) is 25.7 Å². The van der Waals surface area contributed by atoms with Crippen molar-refractivity contribution in [3.63, 3.8) is 0 Å². The molecule has 0 radical (unpaired) electrons. The lowest BCUT2D eigenvalue weighted by Crippen LogP contribution is -2.43. The Morgan fingerprint density at radius 2 is 1.94 bits per heavy atom. The van der Waals surface area contributed by atoms with Crippen molar-refractivity contribution in [1.82, 2.24) is 10.1 Å². The van der Waals surface area contributed by atoms with E-state index in [-0.39, 0.29) is 25.7 Å². The fourth-order valence-electron chi connectivity index (χ4n) is 2.19. The molecule has 0 saturated heterocycles. The summed E-state index contributed by atoms with van der Waals surface area (Å²) in [5, 5.41) is 3.71. The number of rotatable bonds is 1. The van der Waals surface area contributed by atoms with Crippen LogP contribution in [-0.4, -0.2) is 16.3 Å². The van der Waals surface area contributed by atoms with Gasteiger partial charge in [0, 0.05) is 6.92 Å². The van der Waals surface area contributed by atoms with Crippen LogP contribution in [0.5, 0.6) is 0 Å². The minimum atomic E-state index is -4.13. The quantitative estimate of drug-likeness (QED) is 0.829. The Hall–Kier alpha value is -1.11. The molecule has 1 aliphatic carbocycles. The molecule has 0 aliphatic heterocycles. The van der Waals surface area contributed by atoms with E-state index in [1.54, 1.807) is 6.92 Å². The molecule has 1 aromatic heterocycles. The highest BCUT2D eigenvalue weighted by molar-refractivity contribution is 5.06. The van der Waals surface area contributed by atoms with Gasteiger partial charge in [0.05, 0.1) is 11.5 Å². The van der Waals surface area contributed by atoms with Gasteiger partial charge in [0.15, 0.2) is 5.82 Å². The molecular formula is C10H14F3N3O. The van der Waals surface area contributed by atoms with Crippen molar-refractivity contribution < 1.29 is 17.7 Å². The first-order chi connectivity index (χ1) is 7.81. The van der Waals surface area contributed by atoms with Crippen LogP contribution in [0.15, 0.2) is 4.52 Å². The van der Waals surface area contributed by atoms with Crippen molar-refractivity contribution in [2.45, 2.75) is 44.3 Å². The van der Waals surface area contributed by atoms with E-state index < -0.39 is 17.6 Å². The molecule has 1 saturated carbocycles. The highest BCUT2D eigenvalue weighted by atomic mass is 19.4. The number of hydrogen-bond donors (Lipinski definition) is 1. The fourth-order valence-corrected chi connectivity index (χ4v) is 2.19. The van der Waals surface area contributed by atoms with Crippen LogP contribution in [0.4, 0.5) is 13.2 Å². The molecule has 7 heteroatoms. The van der Waals surface area contributed by atoms with Crippen molar-refractivity contribution >= 4 is 0 Å². The molecule has 1 heterocycles. The van der Waals surface area contributed by atoms with Gasteiger partial charge in [-0.1, -0.05) is 5.16 Å². The Morgan fingerprint density at radius 1 is 1.35 bits per heavy atom. The summed E-state index contributed by atoms with van der Waals surface area (Å²) in [4.78, 5) is 4.01. The topological polar surface area (TPSA) is 64.9 Å². The van der Waals surface area contributed by atoms with Crippen LogP contribution in [-0.2, 0) is 5.54 Å². The molecule has 1 aliphatic rings. The maximum Gasteiger partial charge on any atom is 0.391 e. The average molecular weight is 249 g/mol. The molecule has 2 N–H and O–H groups in total. The van der Waals surface area contributed by atoms with E-state index in [1.165, 1.54) is 0 Å². The molecule has 4 nitrogen and oxygen atoms in total. The van der Waals surface area contributed by atoms with Gasteiger partial charge in [-0.2, -0.15) is 18.2 Å². The summed E-state index contributed by atoms with van der Waals surface area (Å²) in [6.45, 7) is 1.63. The first kappa shape index (κ1) is 12.3. The van der Waals surface area contributed by atoms with E-state index in [4.69, 9.17) is 10.3 Å². The molecule has 2 rings (SSSR count). The molecular weight excluding hydrogens is 235 g/mol.